The molecule has 0 aliphatic heterocycles. The fourth-order valence-corrected chi connectivity index (χ4v) is 1.57. The molecular formula is C11H17FN2O2. The third-order valence-corrected chi connectivity index (χ3v) is 2.32. The molecule has 0 saturated heterocycles. The van der Waals surface area contributed by atoms with Gasteiger partial charge in [-0.25, -0.2) is 9.37 Å². The van der Waals surface area contributed by atoms with Crippen LogP contribution in [0.5, 0.6) is 0 Å². The zero-order valence-electron chi connectivity index (χ0n) is 9.52. The lowest BCUT2D eigenvalue weighted by molar-refractivity contribution is 0.278. The van der Waals surface area contributed by atoms with Crippen molar-refractivity contribution in [3.63, 3.8) is 0 Å². The molecule has 2 N–H and O–H groups in total. The Morgan fingerprint density at radius 1 is 1.44 bits per heavy atom. The van der Waals surface area contributed by atoms with E-state index in [0.717, 1.165) is 6.20 Å². The summed E-state index contributed by atoms with van der Waals surface area (Å²) in [5, 5.41) is 18.1. The van der Waals surface area contributed by atoms with E-state index < -0.39 is 5.82 Å². The number of hydrogen-bond acceptors (Lipinski definition) is 4. The van der Waals surface area contributed by atoms with Gasteiger partial charge in [0.15, 0.2) is 0 Å². The SMILES string of the molecule is CC(C)N(CCO)c1ncc(F)cc1CO. The molecule has 0 fully saturated rings. The Morgan fingerprint density at radius 3 is 2.62 bits per heavy atom. The zero-order valence-corrected chi connectivity index (χ0v) is 9.52. The van der Waals surface area contributed by atoms with E-state index >= 15 is 0 Å². The van der Waals surface area contributed by atoms with Gasteiger partial charge in [0.05, 0.1) is 19.4 Å². The molecule has 0 aliphatic rings. The molecule has 0 aromatic carbocycles. The summed E-state index contributed by atoms with van der Waals surface area (Å²) in [5.41, 5.74) is 0.433. The van der Waals surface area contributed by atoms with Crippen LogP contribution in [0.1, 0.15) is 19.4 Å². The van der Waals surface area contributed by atoms with Gasteiger partial charge in [-0.05, 0) is 19.9 Å². The van der Waals surface area contributed by atoms with Crippen molar-refractivity contribution in [2.24, 2.45) is 0 Å². The number of rotatable bonds is 5. The number of nitrogens with zero attached hydrogens (tertiary/aromatic N) is 2. The molecule has 1 aromatic heterocycles. The summed E-state index contributed by atoms with van der Waals surface area (Å²) >= 11 is 0. The molecule has 5 heteroatoms. The van der Waals surface area contributed by atoms with Gasteiger partial charge in [0, 0.05) is 18.2 Å². The van der Waals surface area contributed by atoms with E-state index in [1.807, 2.05) is 18.7 Å². The molecule has 0 radical (unpaired) electrons. The average molecular weight is 228 g/mol. The van der Waals surface area contributed by atoms with Gasteiger partial charge in [0.1, 0.15) is 11.6 Å². The Kier molecular flexibility index (Phi) is 4.64. The summed E-state index contributed by atoms with van der Waals surface area (Å²) in [6.45, 7) is 4.02. The first-order valence-electron chi connectivity index (χ1n) is 5.23. The lowest BCUT2D eigenvalue weighted by atomic mass is 10.2. The quantitative estimate of drug-likeness (QED) is 0.787. The van der Waals surface area contributed by atoms with Gasteiger partial charge in [-0.3, -0.25) is 0 Å². The van der Waals surface area contributed by atoms with E-state index in [4.69, 9.17) is 10.2 Å². The van der Waals surface area contributed by atoms with Crippen molar-refractivity contribution < 1.29 is 14.6 Å². The standard InChI is InChI=1S/C11H17FN2O2/c1-8(2)14(3-4-15)11-9(7-16)5-10(12)6-13-11/h5-6,8,15-16H,3-4,7H2,1-2H3. The van der Waals surface area contributed by atoms with Gasteiger partial charge in [-0.2, -0.15) is 0 Å². The van der Waals surface area contributed by atoms with Crippen LogP contribution in [0.3, 0.4) is 0 Å². The molecule has 16 heavy (non-hydrogen) atoms. The van der Waals surface area contributed by atoms with Crippen LogP contribution >= 0.6 is 0 Å². The van der Waals surface area contributed by atoms with Crippen molar-refractivity contribution in [2.75, 3.05) is 18.1 Å². The average Bonchev–Trinajstić information content (AvgIpc) is 2.26. The number of aliphatic hydroxyl groups is 2. The topological polar surface area (TPSA) is 56.6 Å². The molecule has 0 spiro atoms. The first-order valence-corrected chi connectivity index (χ1v) is 5.23. The molecule has 0 aliphatic carbocycles. The molecule has 0 unspecified atom stereocenters. The van der Waals surface area contributed by atoms with Crippen molar-refractivity contribution >= 4 is 5.82 Å². The van der Waals surface area contributed by atoms with Crippen molar-refractivity contribution in [3.8, 4) is 0 Å². The third-order valence-electron chi connectivity index (χ3n) is 2.32. The largest absolute Gasteiger partial charge is 0.395 e. The highest BCUT2D eigenvalue weighted by Gasteiger charge is 2.15. The first-order chi connectivity index (χ1) is 7.60. The monoisotopic (exact) mass is 228 g/mol. The summed E-state index contributed by atoms with van der Waals surface area (Å²) < 4.78 is 12.9. The maximum atomic E-state index is 12.9. The highest BCUT2D eigenvalue weighted by atomic mass is 19.1. The van der Waals surface area contributed by atoms with E-state index in [1.165, 1.54) is 6.07 Å². The van der Waals surface area contributed by atoms with Crippen LogP contribution in [-0.2, 0) is 6.61 Å². The minimum absolute atomic E-state index is 0.0118. The fourth-order valence-electron chi connectivity index (χ4n) is 1.57. The second kappa shape index (κ2) is 5.77. The summed E-state index contributed by atoms with van der Waals surface area (Å²) in [4.78, 5) is 5.79. The fraction of sp³-hybridized carbons (Fsp3) is 0.545. The maximum absolute atomic E-state index is 12.9. The smallest absolute Gasteiger partial charge is 0.142 e. The minimum Gasteiger partial charge on any atom is -0.395 e. The van der Waals surface area contributed by atoms with Crippen molar-refractivity contribution in [2.45, 2.75) is 26.5 Å². The molecule has 1 rings (SSSR count). The summed E-state index contributed by atoms with van der Waals surface area (Å²) in [5.74, 6) is 0.0495. The van der Waals surface area contributed by atoms with Gasteiger partial charge in [0.2, 0.25) is 0 Å². The Labute approximate surface area is 94.4 Å². The van der Waals surface area contributed by atoms with Crippen LogP contribution < -0.4 is 4.90 Å². The van der Waals surface area contributed by atoms with E-state index in [-0.39, 0.29) is 19.3 Å². The number of aliphatic hydroxyl groups excluding tert-OH is 2. The number of halogens is 1. The van der Waals surface area contributed by atoms with Crippen molar-refractivity contribution in [1.29, 1.82) is 0 Å². The number of aromatic nitrogens is 1. The predicted molar refractivity (Wildman–Crippen MR) is 59.7 cm³/mol. The molecule has 90 valence electrons. The second-order valence-electron chi connectivity index (χ2n) is 3.81. The Morgan fingerprint density at radius 2 is 2.12 bits per heavy atom. The van der Waals surface area contributed by atoms with Gasteiger partial charge >= 0.3 is 0 Å². The molecule has 0 saturated carbocycles. The van der Waals surface area contributed by atoms with Crippen LogP contribution in [0.2, 0.25) is 0 Å². The molecule has 0 atom stereocenters. The van der Waals surface area contributed by atoms with Gasteiger partial charge in [-0.1, -0.05) is 0 Å². The second-order valence-corrected chi connectivity index (χ2v) is 3.81. The molecule has 0 bridgehead atoms. The van der Waals surface area contributed by atoms with Crippen molar-refractivity contribution in [1.82, 2.24) is 4.98 Å². The Balaban J connectivity index is 3.07. The lowest BCUT2D eigenvalue weighted by Gasteiger charge is -2.28. The number of anilines is 1. The van der Waals surface area contributed by atoms with Crippen LogP contribution in [0.4, 0.5) is 10.2 Å². The Hall–Kier alpha value is -1.20. The Bertz CT molecular complexity index is 345. The number of pyridine rings is 1. The molecular weight excluding hydrogens is 211 g/mol. The van der Waals surface area contributed by atoms with Crippen LogP contribution in [0, 0.1) is 5.82 Å². The van der Waals surface area contributed by atoms with Gasteiger partial charge < -0.3 is 15.1 Å². The zero-order chi connectivity index (χ0) is 12.1. The molecule has 4 nitrogen and oxygen atoms in total. The highest BCUT2D eigenvalue weighted by Crippen LogP contribution is 2.20. The van der Waals surface area contributed by atoms with Crippen LogP contribution in [-0.4, -0.2) is 34.4 Å². The predicted octanol–water partition coefficient (Wildman–Crippen LogP) is 0.920. The third kappa shape index (κ3) is 2.90. The maximum Gasteiger partial charge on any atom is 0.142 e. The minimum atomic E-state index is -0.472. The number of hydrogen-bond donors (Lipinski definition) is 2. The summed E-state index contributed by atoms with van der Waals surface area (Å²) in [7, 11) is 0. The van der Waals surface area contributed by atoms with Gasteiger partial charge in [0.25, 0.3) is 0 Å². The van der Waals surface area contributed by atoms with E-state index in [2.05, 4.69) is 4.98 Å². The normalized spacial score (nSPS) is 10.9. The molecule has 0 amide bonds. The molecule has 1 heterocycles. The first kappa shape index (κ1) is 12.9. The highest BCUT2D eigenvalue weighted by molar-refractivity contribution is 5.47. The van der Waals surface area contributed by atoms with Gasteiger partial charge in [-0.15, -0.1) is 0 Å². The molecule has 1 aromatic rings. The summed E-state index contributed by atoms with van der Waals surface area (Å²) in [6.07, 6.45) is 1.11. The van der Waals surface area contributed by atoms with E-state index in [0.29, 0.717) is 17.9 Å². The van der Waals surface area contributed by atoms with E-state index in [9.17, 15) is 4.39 Å². The van der Waals surface area contributed by atoms with Crippen molar-refractivity contribution in [3.05, 3.63) is 23.6 Å². The summed E-state index contributed by atoms with van der Waals surface area (Å²) in [6, 6.07) is 1.38. The lowest BCUT2D eigenvalue weighted by Crippen LogP contribution is -2.35. The van der Waals surface area contributed by atoms with Crippen LogP contribution in [0.25, 0.3) is 0 Å². The van der Waals surface area contributed by atoms with E-state index in [1.54, 1.807) is 0 Å². The van der Waals surface area contributed by atoms with Crippen LogP contribution in [0.15, 0.2) is 12.3 Å².